The quantitative estimate of drug-likeness (QED) is 0.790. The van der Waals surface area contributed by atoms with Crippen LogP contribution in [0, 0.1) is 0 Å². The van der Waals surface area contributed by atoms with Crippen LogP contribution in [-0.2, 0) is 11.2 Å². The molecule has 3 N–H and O–H groups in total. The second kappa shape index (κ2) is 8.65. The minimum Gasteiger partial charge on any atom is -0.399 e. The Balaban J connectivity index is 1.69. The van der Waals surface area contributed by atoms with Crippen molar-refractivity contribution in [2.75, 3.05) is 38.6 Å². The van der Waals surface area contributed by atoms with Crippen LogP contribution in [0.25, 0.3) is 0 Å². The number of rotatable bonds is 6. The highest BCUT2D eigenvalue weighted by Crippen LogP contribution is 2.10. The van der Waals surface area contributed by atoms with Crippen LogP contribution < -0.4 is 11.1 Å². The number of nitrogen functional groups attached to an aromatic ring is 1. The minimum absolute atomic E-state index is 0.0365. The molecule has 1 heterocycles. The summed E-state index contributed by atoms with van der Waals surface area (Å²) in [7, 11) is 0. The van der Waals surface area contributed by atoms with Crippen LogP contribution in [-0.4, -0.2) is 49.7 Å². The van der Waals surface area contributed by atoms with Gasteiger partial charge in [0, 0.05) is 36.9 Å². The number of morpholine rings is 1. The van der Waals surface area contributed by atoms with Gasteiger partial charge in [0.2, 0.25) is 0 Å². The van der Waals surface area contributed by atoms with Crippen LogP contribution in [0.15, 0.2) is 54.6 Å². The van der Waals surface area contributed by atoms with Gasteiger partial charge in [0.1, 0.15) is 0 Å². The highest BCUT2D eigenvalue weighted by Gasteiger charge is 2.19. The Morgan fingerprint density at radius 3 is 2.60 bits per heavy atom. The average Bonchev–Trinajstić information content (AvgIpc) is 2.63. The van der Waals surface area contributed by atoms with Gasteiger partial charge in [-0.3, -0.25) is 9.69 Å². The number of nitrogens with two attached hydrogens (primary N) is 1. The first kappa shape index (κ1) is 17.5. The number of anilines is 1. The number of benzene rings is 2. The molecule has 0 aliphatic carbocycles. The molecule has 0 radical (unpaired) electrons. The Labute approximate surface area is 148 Å². The largest absolute Gasteiger partial charge is 0.399 e. The van der Waals surface area contributed by atoms with Gasteiger partial charge >= 0.3 is 0 Å². The van der Waals surface area contributed by atoms with Gasteiger partial charge < -0.3 is 15.8 Å². The molecule has 5 nitrogen and oxygen atoms in total. The lowest BCUT2D eigenvalue weighted by Gasteiger charge is -2.31. The summed E-state index contributed by atoms with van der Waals surface area (Å²) in [6.45, 7) is 4.12. The first-order chi connectivity index (χ1) is 12.2. The third-order valence-corrected chi connectivity index (χ3v) is 4.39. The Hall–Kier alpha value is -2.37. The van der Waals surface area contributed by atoms with Gasteiger partial charge in [-0.05, 0) is 30.2 Å². The zero-order valence-electron chi connectivity index (χ0n) is 14.4. The van der Waals surface area contributed by atoms with E-state index >= 15 is 0 Å². The molecule has 0 aromatic heterocycles. The lowest BCUT2D eigenvalue weighted by atomic mass is 10.0. The lowest BCUT2D eigenvalue weighted by Crippen LogP contribution is -2.48. The summed E-state index contributed by atoms with van der Waals surface area (Å²) in [4.78, 5) is 15.0. The number of hydrogen-bond acceptors (Lipinski definition) is 4. The van der Waals surface area contributed by atoms with Crippen molar-refractivity contribution < 1.29 is 9.53 Å². The summed E-state index contributed by atoms with van der Waals surface area (Å²) in [5.74, 6) is -0.0820. The highest BCUT2D eigenvalue weighted by molar-refractivity contribution is 5.95. The first-order valence-corrected chi connectivity index (χ1v) is 8.71. The molecule has 1 unspecified atom stereocenters. The molecular formula is C20H25N3O2. The molecule has 2 aromatic carbocycles. The van der Waals surface area contributed by atoms with E-state index in [9.17, 15) is 4.79 Å². The van der Waals surface area contributed by atoms with Gasteiger partial charge in [-0.25, -0.2) is 0 Å². The second-order valence-corrected chi connectivity index (χ2v) is 6.40. The Kier molecular flexibility index (Phi) is 6.04. The summed E-state index contributed by atoms with van der Waals surface area (Å²) >= 11 is 0. The van der Waals surface area contributed by atoms with Gasteiger partial charge in [-0.15, -0.1) is 0 Å². The summed E-state index contributed by atoms with van der Waals surface area (Å²) in [5, 5.41) is 3.18. The molecular weight excluding hydrogens is 314 g/mol. The van der Waals surface area contributed by atoms with Crippen LogP contribution >= 0.6 is 0 Å². The zero-order chi connectivity index (χ0) is 17.5. The van der Waals surface area contributed by atoms with Crippen LogP contribution in [0.3, 0.4) is 0 Å². The Bertz CT molecular complexity index is 684. The van der Waals surface area contributed by atoms with Gasteiger partial charge in [-0.1, -0.05) is 36.4 Å². The molecule has 0 saturated carbocycles. The molecule has 0 bridgehead atoms. The predicted molar refractivity (Wildman–Crippen MR) is 99.5 cm³/mol. The van der Waals surface area contributed by atoms with E-state index in [1.807, 2.05) is 18.2 Å². The SMILES string of the molecule is Nc1cccc(C(=O)NC(Cc2ccccc2)CN2CCOCC2)c1. The van der Waals surface area contributed by atoms with Crippen LogP contribution in [0.2, 0.25) is 0 Å². The first-order valence-electron chi connectivity index (χ1n) is 8.71. The van der Waals surface area contributed by atoms with E-state index in [4.69, 9.17) is 10.5 Å². The summed E-state index contributed by atoms with van der Waals surface area (Å²) in [6, 6.07) is 17.4. The normalized spacial score (nSPS) is 16.3. The second-order valence-electron chi connectivity index (χ2n) is 6.40. The summed E-state index contributed by atoms with van der Waals surface area (Å²) < 4.78 is 5.42. The monoisotopic (exact) mass is 339 g/mol. The van der Waals surface area contributed by atoms with Crippen LogP contribution in [0.1, 0.15) is 15.9 Å². The maximum atomic E-state index is 12.6. The molecule has 1 aliphatic rings. The molecule has 1 saturated heterocycles. The van der Waals surface area contributed by atoms with E-state index in [0.717, 1.165) is 39.3 Å². The van der Waals surface area contributed by atoms with Crippen molar-refractivity contribution in [2.24, 2.45) is 0 Å². The molecule has 5 heteroatoms. The van der Waals surface area contributed by atoms with Crippen molar-refractivity contribution in [3.8, 4) is 0 Å². The predicted octanol–water partition coefficient (Wildman–Crippen LogP) is 1.94. The molecule has 1 fully saturated rings. The topological polar surface area (TPSA) is 67.6 Å². The highest BCUT2D eigenvalue weighted by atomic mass is 16.5. The molecule has 0 spiro atoms. The van der Waals surface area contributed by atoms with Gasteiger partial charge in [0.25, 0.3) is 5.91 Å². The summed E-state index contributed by atoms with van der Waals surface area (Å²) in [6.07, 6.45) is 0.798. The fourth-order valence-electron chi connectivity index (χ4n) is 3.10. The summed E-state index contributed by atoms with van der Waals surface area (Å²) in [5.41, 5.74) is 8.21. The number of hydrogen-bond donors (Lipinski definition) is 2. The smallest absolute Gasteiger partial charge is 0.251 e. The van der Waals surface area contributed by atoms with E-state index in [2.05, 4.69) is 22.3 Å². The van der Waals surface area contributed by atoms with Crippen molar-refractivity contribution in [3.05, 3.63) is 65.7 Å². The molecule has 25 heavy (non-hydrogen) atoms. The molecule has 1 atom stereocenters. The van der Waals surface area contributed by atoms with Crippen molar-refractivity contribution in [3.63, 3.8) is 0 Å². The number of ether oxygens (including phenoxy) is 1. The molecule has 1 aliphatic heterocycles. The van der Waals surface area contributed by atoms with Crippen LogP contribution in [0.4, 0.5) is 5.69 Å². The fourth-order valence-corrected chi connectivity index (χ4v) is 3.10. The van der Waals surface area contributed by atoms with Gasteiger partial charge in [0.05, 0.1) is 13.2 Å². The number of carbonyl (C=O) groups is 1. The van der Waals surface area contributed by atoms with E-state index in [1.54, 1.807) is 24.3 Å². The average molecular weight is 339 g/mol. The van der Waals surface area contributed by atoms with E-state index in [-0.39, 0.29) is 11.9 Å². The van der Waals surface area contributed by atoms with E-state index < -0.39 is 0 Å². The number of nitrogens with one attached hydrogen (secondary N) is 1. The van der Waals surface area contributed by atoms with Gasteiger partial charge in [0.15, 0.2) is 0 Å². The number of nitrogens with zero attached hydrogens (tertiary/aromatic N) is 1. The Morgan fingerprint density at radius 2 is 1.88 bits per heavy atom. The van der Waals surface area contributed by atoms with E-state index in [1.165, 1.54) is 5.56 Å². The number of amides is 1. The van der Waals surface area contributed by atoms with Gasteiger partial charge in [-0.2, -0.15) is 0 Å². The third-order valence-electron chi connectivity index (χ3n) is 4.39. The fraction of sp³-hybridized carbons (Fsp3) is 0.350. The molecule has 2 aromatic rings. The number of carbonyl (C=O) groups excluding carboxylic acids is 1. The van der Waals surface area contributed by atoms with Crippen molar-refractivity contribution in [1.29, 1.82) is 0 Å². The van der Waals surface area contributed by atoms with E-state index in [0.29, 0.717) is 11.3 Å². The van der Waals surface area contributed by atoms with Crippen molar-refractivity contribution in [2.45, 2.75) is 12.5 Å². The molecule has 132 valence electrons. The van der Waals surface area contributed by atoms with Crippen molar-refractivity contribution >= 4 is 11.6 Å². The standard InChI is InChI=1S/C20H25N3O2/c21-18-8-4-7-17(14-18)20(24)22-19(13-16-5-2-1-3-6-16)15-23-9-11-25-12-10-23/h1-8,14,19H,9-13,15,21H2,(H,22,24). The molecule has 1 amide bonds. The maximum Gasteiger partial charge on any atom is 0.251 e. The maximum absolute atomic E-state index is 12.6. The Morgan fingerprint density at radius 1 is 1.12 bits per heavy atom. The third kappa shape index (κ3) is 5.31. The lowest BCUT2D eigenvalue weighted by molar-refractivity contribution is 0.0333. The zero-order valence-corrected chi connectivity index (χ0v) is 14.4. The van der Waals surface area contributed by atoms with Crippen molar-refractivity contribution in [1.82, 2.24) is 10.2 Å². The molecule has 3 rings (SSSR count). The minimum atomic E-state index is -0.0820. The van der Waals surface area contributed by atoms with Crippen LogP contribution in [0.5, 0.6) is 0 Å².